The molecule has 166 valence electrons. The summed E-state index contributed by atoms with van der Waals surface area (Å²) in [5, 5.41) is 3.24. The SMILES string of the molecule is CC(=O)Oc1ccccc1C(=O)NCCS(=O)(=O)N1CCN(c2ccc(Cl)cc2)CC1. The third-order valence-electron chi connectivity index (χ3n) is 4.85. The molecule has 3 rings (SSSR count). The monoisotopic (exact) mass is 465 g/mol. The van der Waals surface area contributed by atoms with Gasteiger partial charge in [-0.2, -0.15) is 4.31 Å². The average Bonchev–Trinajstić information content (AvgIpc) is 2.74. The number of carbonyl (C=O) groups is 2. The summed E-state index contributed by atoms with van der Waals surface area (Å²) in [4.78, 5) is 25.7. The van der Waals surface area contributed by atoms with Gasteiger partial charge in [-0.25, -0.2) is 8.42 Å². The van der Waals surface area contributed by atoms with Crippen LogP contribution in [0.5, 0.6) is 5.75 Å². The Kier molecular flexibility index (Phi) is 7.53. The summed E-state index contributed by atoms with van der Waals surface area (Å²) >= 11 is 5.92. The van der Waals surface area contributed by atoms with Crippen LogP contribution in [-0.2, 0) is 14.8 Å². The van der Waals surface area contributed by atoms with E-state index in [1.165, 1.54) is 23.4 Å². The molecule has 2 aromatic carbocycles. The lowest BCUT2D eigenvalue weighted by Gasteiger charge is -2.35. The van der Waals surface area contributed by atoms with Crippen LogP contribution in [0.2, 0.25) is 5.02 Å². The lowest BCUT2D eigenvalue weighted by Crippen LogP contribution is -2.50. The fourth-order valence-corrected chi connectivity index (χ4v) is 4.76. The van der Waals surface area contributed by atoms with Crippen LogP contribution < -0.4 is 15.0 Å². The fraction of sp³-hybridized carbons (Fsp3) is 0.333. The molecule has 1 fully saturated rings. The topological polar surface area (TPSA) is 96.0 Å². The highest BCUT2D eigenvalue weighted by atomic mass is 35.5. The number of anilines is 1. The van der Waals surface area contributed by atoms with Crippen molar-refractivity contribution in [3.05, 3.63) is 59.1 Å². The second-order valence-corrected chi connectivity index (χ2v) is 9.55. The van der Waals surface area contributed by atoms with Crippen LogP contribution in [0.1, 0.15) is 17.3 Å². The molecule has 1 saturated heterocycles. The number of nitrogens with zero attached hydrogens (tertiary/aromatic N) is 2. The third-order valence-corrected chi connectivity index (χ3v) is 6.98. The summed E-state index contributed by atoms with van der Waals surface area (Å²) in [7, 11) is -3.52. The van der Waals surface area contributed by atoms with Gasteiger partial charge in [-0.15, -0.1) is 0 Å². The second-order valence-electron chi connectivity index (χ2n) is 7.02. The van der Waals surface area contributed by atoms with E-state index in [0.717, 1.165) is 5.69 Å². The highest BCUT2D eigenvalue weighted by molar-refractivity contribution is 7.89. The number of nitrogens with one attached hydrogen (secondary N) is 1. The van der Waals surface area contributed by atoms with Gasteiger partial charge in [0.05, 0.1) is 11.3 Å². The highest BCUT2D eigenvalue weighted by Gasteiger charge is 2.27. The Hall–Kier alpha value is -2.62. The molecule has 1 amide bonds. The van der Waals surface area contributed by atoms with Crippen molar-refractivity contribution in [2.24, 2.45) is 0 Å². The van der Waals surface area contributed by atoms with E-state index in [2.05, 4.69) is 10.2 Å². The number of esters is 1. The minimum absolute atomic E-state index is 0.0486. The van der Waals surface area contributed by atoms with Crippen molar-refractivity contribution in [2.75, 3.05) is 43.4 Å². The number of hydrogen-bond donors (Lipinski definition) is 1. The van der Waals surface area contributed by atoms with Gasteiger partial charge in [-0.3, -0.25) is 9.59 Å². The molecule has 0 aliphatic carbocycles. The smallest absolute Gasteiger partial charge is 0.308 e. The minimum atomic E-state index is -3.52. The largest absolute Gasteiger partial charge is 0.426 e. The summed E-state index contributed by atoms with van der Waals surface area (Å²) in [6, 6.07) is 13.7. The van der Waals surface area contributed by atoms with Crippen LogP contribution in [0.25, 0.3) is 0 Å². The normalized spacial score (nSPS) is 14.8. The van der Waals surface area contributed by atoms with Crippen molar-refractivity contribution in [2.45, 2.75) is 6.92 Å². The van der Waals surface area contributed by atoms with Gasteiger partial charge in [0.2, 0.25) is 10.0 Å². The third kappa shape index (κ3) is 6.19. The standard InChI is InChI=1S/C21H24ClN3O5S/c1-16(26)30-20-5-3-2-4-19(20)21(27)23-10-15-31(28,29)25-13-11-24(12-14-25)18-8-6-17(22)7-9-18/h2-9H,10-15H2,1H3,(H,23,27). The van der Waals surface area contributed by atoms with Crippen LogP contribution >= 0.6 is 11.6 Å². The molecule has 1 N–H and O–H groups in total. The first-order valence-corrected chi connectivity index (χ1v) is 11.8. The molecule has 0 unspecified atom stereocenters. The molecule has 0 spiro atoms. The van der Waals surface area contributed by atoms with E-state index in [0.29, 0.717) is 31.2 Å². The number of sulfonamides is 1. The molecule has 8 nitrogen and oxygen atoms in total. The van der Waals surface area contributed by atoms with Crippen molar-refractivity contribution in [1.29, 1.82) is 0 Å². The lowest BCUT2D eigenvalue weighted by atomic mass is 10.2. The van der Waals surface area contributed by atoms with E-state index < -0.39 is 21.9 Å². The average molecular weight is 466 g/mol. The van der Waals surface area contributed by atoms with Crippen LogP contribution in [0, 0.1) is 0 Å². The first kappa shape index (κ1) is 23.1. The predicted molar refractivity (Wildman–Crippen MR) is 119 cm³/mol. The van der Waals surface area contributed by atoms with Crippen LogP contribution in [0.4, 0.5) is 5.69 Å². The van der Waals surface area contributed by atoms with Gasteiger partial charge in [-0.05, 0) is 36.4 Å². The van der Waals surface area contributed by atoms with Crippen molar-refractivity contribution < 1.29 is 22.7 Å². The number of para-hydroxylation sites is 1. The molecule has 0 radical (unpaired) electrons. The van der Waals surface area contributed by atoms with Gasteiger partial charge in [-0.1, -0.05) is 23.7 Å². The highest BCUT2D eigenvalue weighted by Crippen LogP contribution is 2.21. The minimum Gasteiger partial charge on any atom is -0.426 e. The maximum atomic E-state index is 12.7. The van der Waals surface area contributed by atoms with E-state index in [1.54, 1.807) is 12.1 Å². The molecular weight excluding hydrogens is 442 g/mol. The molecule has 1 heterocycles. The van der Waals surface area contributed by atoms with Crippen molar-refractivity contribution in [3.63, 3.8) is 0 Å². The zero-order valence-electron chi connectivity index (χ0n) is 17.1. The summed E-state index contributed by atoms with van der Waals surface area (Å²) < 4.78 is 31.8. The Balaban J connectivity index is 1.51. The number of halogens is 1. The van der Waals surface area contributed by atoms with Gasteiger partial charge < -0.3 is 15.0 Å². The van der Waals surface area contributed by atoms with Crippen molar-refractivity contribution in [3.8, 4) is 5.75 Å². The number of carbonyl (C=O) groups excluding carboxylic acids is 2. The van der Waals surface area contributed by atoms with Gasteiger partial charge in [0.25, 0.3) is 5.91 Å². The molecule has 0 bridgehead atoms. The molecule has 2 aromatic rings. The number of benzene rings is 2. The predicted octanol–water partition coefficient (Wildman–Crippen LogP) is 2.15. The Morgan fingerprint density at radius 2 is 1.68 bits per heavy atom. The molecule has 31 heavy (non-hydrogen) atoms. The molecule has 10 heteroatoms. The second kappa shape index (κ2) is 10.1. The van der Waals surface area contributed by atoms with Gasteiger partial charge in [0, 0.05) is 50.4 Å². The van der Waals surface area contributed by atoms with Crippen molar-refractivity contribution >= 4 is 39.2 Å². The number of amides is 1. The molecule has 0 aromatic heterocycles. The number of piperazine rings is 1. The summed E-state index contributed by atoms with van der Waals surface area (Å²) in [5.41, 5.74) is 1.17. The van der Waals surface area contributed by atoms with Crippen LogP contribution in [0.3, 0.4) is 0 Å². The van der Waals surface area contributed by atoms with Gasteiger partial charge >= 0.3 is 5.97 Å². The maximum absolute atomic E-state index is 12.7. The molecule has 1 aliphatic rings. The molecule has 0 saturated carbocycles. The Morgan fingerprint density at radius 3 is 2.32 bits per heavy atom. The molecule has 0 atom stereocenters. The number of hydrogen-bond acceptors (Lipinski definition) is 6. The summed E-state index contributed by atoms with van der Waals surface area (Å²) in [6.45, 7) is 3.08. The van der Waals surface area contributed by atoms with E-state index in [-0.39, 0.29) is 23.6 Å². The zero-order valence-corrected chi connectivity index (χ0v) is 18.7. The van der Waals surface area contributed by atoms with E-state index in [1.807, 2.05) is 24.3 Å². The van der Waals surface area contributed by atoms with E-state index >= 15 is 0 Å². The number of rotatable bonds is 7. The fourth-order valence-electron chi connectivity index (χ4n) is 3.29. The summed E-state index contributed by atoms with van der Waals surface area (Å²) in [5.74, 6) is -1.12. The Morgan fingerprint density at radius 1 is 1.03 bits per heavy atom. The first-order valence-electron chi connectivity index (χ1n) is 9.80. The Labute approximate surface area is 186 Å². The van der Waals surface area contributed by atoms with Crippen molar-refractivity contribution in [1.82, 2.24) is 9.62 Å². The van der Waals surface area contributed by atoms with Gasteiger partial charge in [0.15, 0.2) is 0 Å². The van der Waals surface area contributed by atoms with Crippen LogP contribution in [0.15, 0.2) is 48.5 Å². The summed E-state index contributed by atoms with van der Waals surface area (Å²) in [6.07, 6.45) is 0. The quantitative estimate of drug-likeness (QED) is 0.497. The van der Waals surface area contributed by atoms with E-state index in [4.69, 9.17) is 16.3 Å². The van der Waals surface area contributed by atoms with E-state index in [9.17, 15) is 18.0 Å². The number of ether oxygens (including phenoxy) is 1. The van der Waals surface area contributed by atoms with Crippen LogP contribution in [-0.4, -0.2) is 63.1 Å². The molecular formula is C21H24ClN3O5S. The lowest BCUT2D eigenvalue weighted by molar-refractivity contribution is -0.131. The Bertz CT molecular complexity index is 1040. The van der Waals surface area contributed by atoms with Gasteiger partial charge in [0.1, 0.15) is 5.75 Å². The maximum Gasteiger partial charge on any atom is 0.308 e. The first-order chi connectivity index (χ1) is 14.8. The zero-order chi connectivity index (χ0) is 22.4. The molecule has 1 aliphatic heterocycles.